The van der Waals surface area contributed by atoms with Crippen molar-refractivity contribution >= 4 is 24.3 Å². The first-order valence-corrected chi connectivity index (χ1v) is 35.0. The highest BCUT2D eigenvalue weighted by molar-refractivity contribution is 5.50. The Hall–Kier alpha value is -6.68. The first-order valence-electron chi connectivity index (χ1n) is 35.0. The number of rotatable bonds is 28. The zero-order valence-electron chi connectivity index (χ0n) is 55.1. The van der Waals surface area contributed by atoms with E-state index in [0.29, 0.717) is 49.6 Å². The molecule has 4 atom stereocenters. The van der Waals surface area contributed by atoms with Crippen LogP contribution in [0.15, 0.2) is 184 Å². The Morgan fingerprint density at radius 2 is 0.582 bits per heavy atom. The van der Waals surface area contributed by atoms with Gasteiger partial charge in [-0.05, 0) is 166 Å². The summed E-state index contributed by atoms with van der Waals surface area (Å²) in [6.45, 7) is 19.3. The van der Waals surface area contributed by atoms with E-state index >= 15 is 0 Å². The fourth-order valence-corrected chi connectivity index (χ4v) is 13.2. The zero-order chi connectivity index (χ0) is 63.3. The average molecular weight is 1230 g/mol. The van der Waals surface area contributed by atoms with E-state index in [4.69, 9.17) is 37.9 Å². The Morgan fingerprint density at radius 1 is 0.319 bits per heavy atom. The lowest BCUT2D eigenvalue weighted by Crippen LogP contribution is -2.36. The van der Waals surface area contributed by atoms with Gasteiger partial charge in [0.25, 0.3) is 0 Å². The van der Waals surface area contributed by atoms with Gasteiger partial charge in [0.15, 0.2) is 0 Å². The van der Waals surface area contributed by atoms with E-state index < -0.39 is 0 Å². The Balaban J connectivity index is 0.000000157. The number of hydrogen-bond acceptors (Lipinski definition) is 8. The molecule has 0 aromatic heterocycles. The van der Waals surface area contributed by atoms with Gasteiger partial charge in [-0.15, -0.1) is 0 Å². The molecular formula is C83H108O8. The molecule has 488 valence electrons. The Labute approximate surface area is 548 Å². The van der Waals surface area contributed by atoms with E-state index in [2.05, 4.69) is 87.0 Å². The summed E-state index contributed by atoms with van der Waals surface area (Å²) in [7, 11) is 0. The molecule has 8 nitrogen and oxygen atoms in total. The topological polar surface area (TPSA) is 73.8 Å². The van der Waals surface area contributed by atoms with Gasteiger partial charge in [-0.2, -0.15) is 0 Å². The molecule has 5 saturated carbocycles. The normalized spacial score (nSPS) is 17.9. The lowest BCUT2D eigenvalue weighted by atomic mass is 9.88. The number of ether oxygens (including phenoxy) is 8. The molecule has 6 aromatic carbocycles. The second-order valence-corrected chi connectivity index (χ2v) is 25.3. The third-order valence-electron chi connectivity index (χ3n) is 18.6. The van der Waals surface area contributed by atoms with Gasteiger partial charge in [0.05, 0.1) is 19.3 Å². The predicted molar refractivity (Wildman–Crippen MR) is 377 cm³/mol. The molecule has 91 heavy (non-hydrogen) atoms. The molecule has 0 amide bonds. The summed E-state index contributed by atoms with van der Waals surface area (Å²) in [5, 5.41) is 0. The second-order valence-electron chi connectivity index (χ2n) is 25.3. The van der Waals surface area contributed by atoms with Gasteiger partial charge in [-0.25, -0.2) is 0 Å². The summed E-state index contributed by atoms with van der Waals surface area (Å²) in [4.78, 5) is 0. The van der Waals surface area contributed by atoms with Crippen LogP contribution in [0.1, 0.15) is 194 Å². The molecule has 0 radical (unpaired) electrons. The van der Waals surface area contributed by atoms with Crippen molar-refractivity contribution in [3.05, 3.63) is 217 Å². The molecule has 5 fully saturated rings. The van der Waals surface area contributed by atoms with E-state index in [0.717, 1.165) is 58.1 Å². The Bertz CT molecular complexity index is 2880. The van der Waals surface area contributed by atoms with E-state index in [-0.39, 0.29) is 25.2 Å². The molecule has 8 heteroatoms. The highest BCUT2D eigenvalue weighted by Gasteiger charge is 2.31. The summed E-state index contributed by atoms with van der Waals surface area (Å²) in [5.74, 6) is 5.62. The predicted octanol–water partition coefficient (Wildman–Crippen LogP) is 22.0. The van der Waals surface area contributed by atoms with Gasteiger partial charge in [0.1, 0.15) is 23.0 Å². The third-order valence-corrected chi connectivity index (χ3v) is 18.6. The van der Waals surface area contributed by atoms with Crippen molar-refractivity contribution in [3.8, 4) is 23.0 Å². The molecule has 0 aliphatic heterocycles. The highest BCUT2D eigenvalue weighted by Crippen LogP contribution is 2.36. The van der Waals surface area contributed by atoms with Crippen LogP contribution in [0.5, 0.6) is 23.0 Å². The first kappa shape index (κ1) is 70.2. The fourth-order valence-electron chi connectivity index (χ4n) is 13.2. The van der Waals surface area contributed by atoms with Crippen LogP contribution >= 0.6 is 0 Å². The first-order chi connectivity index (χ1) is 44.9. The molecule has 0 heterocycles. The van der Waals surface area contributed by atoms with E-state index in [1.165, 1.54) is 165 Å². The quantitative estimate of drug-likeness (QED) is 0.0450. The number of benzene rings is 6. The Kier molecular flexibility index (Phi) is 31.6. The summed E-state index contributed by atoms with van der Waals surface area (Å²) in [6, 6.07) is 53.3. The molecule has 5 aliphatic carbocycles. The van der Waals surface area contributed by atoms with Crippen LogP contribution in [0.3, 0.4) is 0 Å². The van der Waals surface area contributed by atoms with Crippen LogP contribution < -0.4 is 18.9 Å². The summed E-state index contributed by atoms with van der Waals surface area (Å²) >= 11 is 0. The maximum Gasteiger partial charge on any atom is 0.202 e. The smallest absolute Gasteiger partial charge is 0.202 e. The average Bonchev–Trinajstić information content (AvgIpc) is 4.16. The van der Waals surface area contributed by atoms with Crippen LogP contribution in [-0.4, -0.2) is 51.1 Å². The lowest BCUT2D eigenvalue weighted by Gasteiger charge is -2.34. The van der Waals surface area contributed by atoms with Crippen LogP contribution in [0.25, 0.3) is 24.3 Å². The van der Waals surface area contributed by atoms with Crippen LogP contribution in [0.2, 0.25) is 0 Å². The minimum Gasteiger partial charge on any atom is -0.465 e. The van der Waals surface area contributed by atoms with Gasteiger partial charge in [0, 0.05) is 30.3 Å². The number of hydrogen-bond donors (Lipinski definition) is 0. The fraction of sp³-hybridized carbons (Fsp3) is 0.470. The standard InChI is InChI=1S/C23H28O2.C22H26O2.C21H30O2.C17H24O2/c1-2-19-13-15-22(16-14-19)25-23(21-11-7-4-8-12-21)24-18-17-20-9-5-3-6-10-20;1-2-18-12-14-21(15-13-18)24-22(20-10-6-7-11-20)23-17-16-19-8-4-3-5-9-19;1-2-17-13-15-20(16-14-17)23-21(18-9-5-3-6-10-18)22-19-11-7-4-8-12-19;1-3-14-10-12-16(13-11-14)19-17(18-4-2)15-8-6-5-7-9-15/h2-3,5-6,9-10,13-16,21,23H,1,4,7-8,11-12,17-18H2;2-5,8-9,12-15,20,22H,1,6-7,10-11,16-17H2;2,13-16,18-19,21H,1,3-12H2;3,10-13,15,17H,1,4-9H2,2H3. The third kappa shape index (κ3) is 25.4. The van der Waals surface area contributed by atoms with Crippen molar-refractivity contribution in [2.24, 2.45) is 23.7 Å². The van der Waals surface area contributed by atoms with Crippen molar-refractivity contribution < 1.29 is 37.9 Å². The van der Waals surface area contributed by atoms with Crippen molar-refractivity contribution in [1.82, 2.24) is 0 Å². The van der Waals surface area contributed by atoms with E-state index in [1.807, 2.05) is 128 Å². The summed E-state index contributed by atoms with van der Waals surface area (Å²) < 4.78 is 49.4. The van der Waals surface area contributed by atoms with Crippen molar-refractivity contribution in [2.75, 3.05) is 19.8 Å². The molecule has 0 bridgehead atoms. The lowest BCUT2D eigenvalue weighted by molar-refractivity contribution is -0.161. The summed E-state index contributed by atoms with van der Waals surface area (Å²) in [6.07, 6.45) is 39.6. The van der Waals surface area contributed by atoms with E-state index in [9.17, 15) is 0 Å². The molecule has 0 saturated heterocycles. The van der Waals surface area contributed by atoms with Crippen molar-refractivity contribution in [2.45, 2.75) is 205 Å². The van der Waals surface area contributed by atoms with Gasteiger partial charge < -0.3 is 37.9 Å². The molecular weight excluding hydrogens is 1120 g/mol. The molecule has 11 rings (SSSR count). The van der Waals surface area contributed by atoms with Gasteiger partial charge in [-0.1, -0.05) is 250 Å². The largest absolute Gasteiger partial charge is 0.465 e. The molecule has 0 N–H and O–H groups in total. The van der Waals surface area contributed by atoms with Crippen LogP contribution in [-0.2, 0) is 31.8 Å². The maximum atomic E-state index is 6.45. The summed E-state index contributed by atoms with van der Waals surface area (Å²) in [5.41, 5.74) is 7.05. The van der Waals surface area contributed by atoms with Gasteiger partial charge in [0.2, 0.25) is 25.2 Å². The van der Waals surface area contributed by atoms with E-state index in [1.54, 1.807) is 0 Å². The second kappa shape index (κ2) is 41.0. The van der Waals surface area contributed by atoms with Crippen molar-refractivity contribution in [3.63, 3.8) is 0 Å². The van der Waals surface area contributed by atoms with Crippen molar-refractivity contribution in [1.29, 1.82) is 0 Å². The highest BCUT2D eigenvalue weighted by atomic mass is 16.7. The minimum absolute atomic E-state index is 0.0759. The van der Waals surface area contributed by atoms with Crippen LogP contribution in [0.4, 0.5) is 0 Å². The van der Waals surface area contributed by atoms with Crippen LogP contribution in [0, 0.1) is 23.7 Å². The van der Waals surface area contributed by atoms with Gasteiger partial charge in [-0.3, -0.25) is 0 Å². The zero-order valence-corrected chi connectivity index (χ0v) is 55.1. The molecule has 5 aliphatic rings. The SMILES string of the molecule is C=Cc1ccc(OC(OC2CCCCC2)C2CCCCC2)cc1.C=Cc1ccc(OC(OCC)C2CCCCC2)cc1.C=Cc1ccc(OC(OCCc2ccccc2)C2CCCC2)cc1.C=Cc1ccc(OC(OCCc2ccccc2)C2CCCCC2)cc1. The van der Waals surface area contributed by atoms with Gasteiger partial charge >= 0.3 is 0 Å². The maximum absolute atomic E-state index is 6.45. The Morgan fingerprint density at radius 3 is 0.879 bits per heavy atom. The molecule has 6 aromatic rings. The molecule has 0 spiro atoms. The minimum atomic E-state index is -0.154. The molecule has 4 unspecified atom stereocenters. The monoisotopic (exact) mass is 1230 g/mol.